The summed E-state index contributed by atoms with van der Waals surface area (Å²) >= 11 is 0. The second-order valence-electron chi connectivity index (χ2n) is 6.69. The van der Waals surface area contributed by atoms with Gasteiger partial charge in [-0.15, -0.1) is 0 Å². The number of ether oxygens (including phenoxy) is 2. The molecule has 144 valence electrons. The maximum absolute atomic E-state index is 11.3. The van der Waals surface area contributed by atoms with Gasteiger partial charge < -0.3 is 9.47 Å². The summed E-state index contributed by atoms with van der Waals surface area (Å²) in [6, 6.07) is 0. The van der Waals surface area contributed by atoms with Crippen molar-refractivity contribution in [3.63, 3.8) is 0 Å². The zero-order chi connectivity index (χ0) is 18.5. The van der Waals surface area contributed by atoms with Crippen LogP contribution in [0.1, 0.15) is 67.2 Å². The topological polar surface area (TPSA) is 72.5 Å². The fourth-order valence-electron chi connectivity index (χ4n) is 1.11. The average molecular weight is 350 g/mol. The number of rotatable bonds is 14. The highest BCUT2D eigenvalue weighted by Gasteiger charge is 2.17. The van der Waals surface area contributed by atoms with E-state index in [9.17, 15) is 4.79 Å². The minimum absolute atomic E-state index is 0.221. The molecule has 0 aromatic heterocycles. The third-order valence-corrected chi connectivity index (χ3v) is 3.46. The van der Waals surface area contributed by atoms with E-state index in [1.807, 2.05) is 41.5 Å². The van der Waals surface area contributed by atoms with E-state index < -0.39 is 6.16 Å². The van der Waals surface area contributed by atoms with E-state index in [0.29, 0.717) is 26.1 Å². The molecule has 7 heteroatoms. The van der Waals surface area contributed by atoms with E-state index in [0.717, 1.165) is 12.8 Å². The Morgan fingerprint density at radius 3 is 1.42 bits per heavy atom. The van der Waals surface area contributed by atoms with Gasteiger partial charge in [0, 0.05) is 12.8 Å². The van der Waals surface area contributed by atoms with Crippen molar-refractivity contribution in [3.8, 4) is 0 Å². The molecule has 0 saturated carbocycles. The van der Waals surface area contributed by atoms with E-state index in [2.05, 4.69) is 0 Å². The van der Waals surface area contributed by atoms with E-state index in [1.54, 1.807) is 0 Å². The molecule has 0 atom stereocenters. The SMILES string of the molecule is CCC(C)(C)OOCCCOC(=O)OCCCOOC(C)(C)CC. The van der Waals surface area contributed by atoms with Crippen molar-refractivity contribution in [2.24, 2.45) is 0 Å². The minimum Gasteiger partial charge on any atom is -0.434 e. The maximum Gasteiger partial charge on any atom is 0.508 e. The average Bonchev–Trinajstić information content (AvgIpc) is 2.54. The van der Waals surface area contributed by atoms with Crippen molar-refractivity contribution in [1.82, 2.24) is 0 Å². The first-order chi connectivity index (χ1) is 11.2. The number of carbonyl (C=O) groups is 1. The van der Waals surface area contributed by atoms with Gasteiger partial charge in [0.25, 0.3) is 0 Å². The summed E-state index contributed by atoms with van der Waals surface area (Å²) in [6.45, 7) is 13.0. The van der Waals surface area contributed by atoms with E-state index in [-0.39, 0.29) is 24.4 Å². The Morgan fingerprint density at radius 2 is 1.08 bits per heavy atom. The van der Waals surface area contributed by atoms with Crippen LogP contribution in [-0.4, -0.2) is 43.8 Å². The fraction of sp³-hybridized carbons (Fsp3) is 0.941. The van der Waals surface area contributed by atoms with E-state index in [1.165, 1.54) is 0 Å². The third kappa shape index (κ3) is 13.5. The lowest BCUT2D eigenvalue weighted by Crippen LogP contribution is -2.24. The van der Waals surface area contributed by atoms with E-state index >= 15 is 0 Å². The lowest BCUT2D eigenvalue weighted by Gasteiger charge is -2.21. The highest BCUT2D eigenvalue weighted by atomic mass is 17.2. The maximum atomic E-state index is 11.3. The van der Waals surface area contributed by atoms with Gasteiger partial charge in [-0.2, -0.15) is 0 Å². The van der Waals surface area contributed by atoms with Crippen LogP contribution in [0.5, 0.6) is 0 Å². The number of hydrogen-bond donors (Lipinski definition) is 0. The van der Waals surface area contributed by atoms with Gasteiger partial charge in [0.05, 0.1) is 37.6 Å². The van der Waals surface area contributed by atoms with Crippen molar-refractivity contribution < 1.29 is 33.8 Å². The van der Waals surface area contributed by atoms with Crippen molar-refractivity contribution in [3.05, 3.63) is 0 Å². The summed E-state index contributed by atoms with van der Waals surface area (Å²) in [5, 5.41) is 0. The Bertz CT molecular complexity index is 299. The molecule has 0 N–H and O–H groups in total. The predicted octanol–water partition coefficient (Wildman–Crippen LogP) is 4.19. The Morgan fingerprint density at radius 1 is 0.708 bits per heavy atom. The molecule has 24 heavy (non-hydrogen) atoms. The lowest BCUT2D eigenvalue weighted by molar-refractivity contribution is -0.354. The molecule has 7 nitrogen and oxygen atoms in total. The van der Waals surface area contributed by atoms with Crippen molar-refractivity contribution in [1.29, 1.82) is 0 Å². The highest BCUT2D eigenvalue weighted by molar-refractivity contribution is 5.59. The third-order valence-electron chi connectivity index (χ3n) is 3.46. The number of hydrogen-bond acceptors (Lipinski definition) is 7. The van der Waals surface area contributed by atoms with Crippen molar-refractivity contribution >= 4 is 6.16 Å². The zero-order valence-corrected chi connectivity index (χ0v) is 16.0. The minimum atomic E-state index is -0.695. The molecule has 0 fully saturated rings. The molecule has 0 saturated heterocycles. The first-order valence-electron chi connectivity index (χ1n) is 8.63. The Hall–Kier alpha value is -0.890. The summed E-state index contributed by atoms with van der Waals surface area (Å²) < 4.78 is 9.82. The van der Waals surface area contributed by atoms with Crippen LogP contribution in [0.4, 0.5) is 4.79 Å². The molecular weight excluding hydrogens is 316 g/mol. The quantitative estimate of drug-likeness (QED) is 0.201. The Kier molecular flexibility index (Phi) is 12.0. The van der Waals surface area contributed by atoms with Crippen LogP contribution in [0, 0.1) is 0 Å². The fourth-order valence-corrected chi connectivity index (χ4v) is 1.11. The van der Waals surface area contributed by atoms with Gasteiger partial charge in [-0.1, -0.05) is 13.8 Å². The summed E-state index contributed by atoms with van der Waals surface area (Å²) in [7, 11) is 0. The van der Waals surface area contributed by atoms with Crippen LogP contribution in [0.15, 0.2) is 0 Å². The first-order valence-corrected chi connectivity index (χ1v) is 8.63. The second-order valence-corrected chi connectivity index (χ2v) is 6.69. The molecule has 0 bridgehead atoms. The van der Waals surface area contributed by atoms with Crippen LogP contribution in [0.3, 0.4) is 0 Å². The molecule has 0 aliphatic carbocycles. The Balaban J connectivity index is 3.42. The Labute approximate surface area is 145 Å². The monoisotopic (exact) mass is 350 g/mol. The molecule has 0 aliphatic rings. The molecule has 0 aliphatic heterocycles. The standard InChI is InChI=1S/C17H34O7/c1-7-16(3,4)23-21-13-9-11-19-15(18)20-12-10-14-22-24-17(5,6)8-2/h7-14H2,1-6H3. The van der Waals surface area contributed by atoms with E-state index in [4.69, 9.17) is 29.0 Å². The van der Waals surface area contributed by atoms with Crippen molar-refractivity contribution in [2.75, 3.05) is 26.4 Å². The summed E-state index contributed by atoms with van der Waals surface area (Å²) in [5.41, 5.74) is -0.615. The van der Waals surface area contributed by atoms with Gasteiger partial charge in [-0.05, 0) is 40.5 Å². The molecule has 0 unspecified atom stereocenters. The van der Waals surface area contributed by atoms with Crippen LogP contribution >= 0.6 is 0 Å². The van der Waals surface area contributed by atoms with Gasteiger partial charge >= 0.3 is 6.16 Å². The molecule has 0 amide bonds. The summed E-state index contributed by atoms with van der Waals surface area (Å²) in [5.74, 6) is 0. The van der Waals surface area contributed by atoms with Crippen LogP contribution in [0.25, 0.3) is 0 Å². The van der Waals surface area contributed by atoms with Gasteiger partial charge in [0.15, 0.2) is 0 Å². The van der Waals surface area contributed by atoms with Crippen molar-refractivity contribution in [2.45, 2.75) is 78.4 Å². The lowest BCUT2D eigenvalue weighted by atomic mass is 10.1. The molecule has 0 spiro atoms. The zero-order valence-electron chi connectivity index (χ0n) is 16.0. The largest absolute Gasteiger partial charge is 0.508 e. The summed E-state index contributed by atoms with van der Waals surface area (Å²) in [6.07, 6.45) is 2.08. The van der Waals surface area contributed by atoms with Crippen LogP contribution in [-0.2, 0) is 29.0 Å². The van der Waals surface area contributed by atoms with Gasteiger partial charge in [-0.25, -0.2) is 24.3 Å². The van der Waals surface area contributed by atoms with Crippen LogP contribution in [0.2, 0.25) is 0 Å². The molecule has 0 rings (SSSR count). The normalized spacial score (nSPS) is 12.2. The van der Waals surface area contributed by atoms with Crippen LogP contribution < -0.4 is 0 Å². The number of carbonyl (C=O) groups excluding carboxylic acids is 1. The summed E-state index contributed by atoms with van der Waals surface area (Å²) in [4.78, 5) is 31.9. The van der Waals surface area contributed by atoms with Gasteiger partial charge in [-0.3, -0.25) is 0 Å². The predicted molar refractivity (Wildman–Crippen MR) is 89.3 cm³/mol. The molecule has 0 heterocycles. The first kappa shape index (κ1) is 23.1. The van der Waals surface area contributed by atoms with Gasteiger partial charge in [0.2, 0.25) is 0 Å². The molecule has 0 aromatic carbocycles. The second kappa shape index (κ2) is 12.5. The molecule has 0 radical (unpaired) electrons. The smallest absolute Gasteiger partial charge is 0.434 e. The molecule has 0 aromatic rings. The van der Waals surface area contributed by atoms with Gasteiger partial charge in [0.1, 0.15) is 0 Å². The molecular formula is C17H34O7. The highest BCUT2D eigenvalue weighted by Crippen LogP contribution is 2.14.